The van der Waals surface area contributed by atoms with Crippen molar-refractivity contribution in [3.63, 3.8) is 0 Å². The Bertz CT molecular complexity index is 1210. The number of aromatic nitrogens is 3. The molecule has 0 bridgehead atoms. The van der Waals surface area contributed by atoms with Crippen LogP contribution in [0.5, 0.6) is 11.5 Å². The summed E-state index contributed by atoms with van der Waals surface area (Å²) in [6.07, 6.45) is 5.72. The molecule has 12 nitrogen and oxygen atoms in total. The minimum absolute atomic E-state index is 0.00375. The molecule has 1 heterocycles. The smallest absolute Gasteiger partial charge is 0.269 e. The van der Waals surface area contributed by atoms with Gasteiger partial charge in [-0.2, -0.15) is 20.1 Å². The van der Waals surface area contributed by atoms with Crippen LogP contribution in [-0.2, 0) is 0 Å². The van der Waals surface area contributed by atoms with Gasteiger partial charge in [-0.05, 0) is 48.7 Å². The van der Waals surface area contributed by atoms with Crippen molar-refractivity contribution >= 4 is 35.4 Å². The average Bonchev–Trinajstić information content (AvgIpc) is 2.93. The molecule has 202 valence electrons. The Morgan fingerprint density at radius 2 is 1.61 bits per heavy atom. The molecule has 0 atom stereocenters. The molecule has 0 amide bonds. The zero-order valence-corrected chi connectivity index (χ0v) is 22.2. The third-order valence-electron chi connectivity index (χ3n) is 5.59. The van der Waals surface area contributed by atoms with Crippen molar-refractivity contribution in [3.05, 3.63) is 58.1 Å². The zero-order chi connectivity index (χ0) is 27.3. The predicted molar refractivity (Wildman–Crippen MR) is 149 cm³/mol. The Labute approximate surface area is 222 Å². The molecular formula is C26H34N8O4. The van der Waals surface area contributed by atoms with Gasteiger partial charge in [0.1, 0.15) is 0 Å². The van der Waals surface area contributed by atoms with Crippen molar-refractivity contribution in [1.29, 1.82) is 0 Å². The van der Waals surface area contributed by atoms with Crippen LogP contribution < -0.4 is 25.1 Å². The molecule has 1 aromatic heterocycles. The molecule has 0 aliphatic rings. The number of nitro groups is 1. The number of nitrogens with zero attached hydrogens (tertiary/aromatic N) is 6. The number of hydrogen-bond acceptors (Lipinski definition) is 11. The minimum atomic E-state index is -0.442. The van der Waals surface area contributed by atoms with Crippen LogP contribution in [0.15, 0.2) is 47.6 Å². The second-order valence-corrected chi connectivity index (χ2v) is 8.39. The summed E-state index contributed by atoms with van der Waals surface area (Å²) in [6.45, 7) is 5.91. The number of hydrazone groups is 1. The van der Waals surface area contributed by atoms with E-state index in [0.717, 1.165) is 44.3 Å². The first-order valence-corrected chi connectivity index (χ1v) is 12.5. The Balaban J connectivity index is 1.88. The van der Waals surface area contributed by atoms with Crippen molar-refractivity contribution in [3.8, 4) is 11.5 Å². The molecule has 38 heavy (non-hydrogen) atoms. The van der Waals surface area contributed by atoms with Crippen LogP contribution in [-0.4, -0.2) is 53.4 Å². The highest BCUT2D eigenvalue weighted by atomic mass is 16.6. The van der Waals surface area contributed by atoms with Crippen LogP contribution in [0.4, 0.5) is 29.2 Å². The molecule has 0 unspecified atom stereocenters. The fraction of sp³-hybridized carbons (Fsp3) is 0.385. The van der Waals surface area contributed by atoms with E-state index in [0.29, 0.717) is 29.1 Å². The lowest BCUT2D eigenvalue weighted by Crippen LogP contribution is -2.28. The lowest BCUT2D eigenvalue weighted by molar-refractivity contribution is -0.384. The van der Waals surface area contributed by atoms with E-state index in [2.05, 4.69) is 49.5 Å². The first-order chi connectivity index (χ1) is 18.5. The Kier molecular flexibility index (Phi) is 10.6. The Morgan fingerprint density at radius 1 is 0.947 bits per heavy atom. The van der Waals surface area contributed by atoms with Gasteiger partial charge < -0.3 is 19.7 Å². The molecule has 12 heteroatoms. The molecular weight excluding hydrogens is 488 g/mol. The monoisotopic (exact) mass is 522 g/mol. The van der Waals surface area contributed by atoms with E-state index in [4.69, 9.17) is 9.47 Å². The SMILES string of the molecule is CCCCN(CCCC)c1nc(N/N=C/c2ccc(OC)c(OC)c2)nc(Nc2ccc([N+](=O)[O-])cc2)n1. The summed E-state index contributed by atoms with van der Waals surface area (Å²) in [5.74, 6) is 2.30. The summed E-state index contributed by atoms with van der Waals surface area (Å²) < 4.78 is 10.6. The molecule has 0 spiro atoms. The number of methoxy groups -OCH3 is 2. The fourth-order valence-electron chi connectivity index (χ4n) is 3.52. The highest BCUT2D eigenvalue weighted by molar-refractivity contribution is 5.81. The van der Waals surface area contributed by atoms with Crippen LogP contribution in [0.2, 0.25) is 0 Å². The highest BCUT2D eigenvalue weighted by Crippen LogP contribution is 2.27. The number of anilines is 4. The van der Waals surface area contributed by atoms with Crippen molar-refractivity contribution in [2.24, 2.45) is 5.10 Å². The van der Waals surface area contributed by atoms with Crippen LogP contribution in [0.25, 0.3) is 0 Å². The number of ether oxygens (including phenoxy) is 2. The lowest BCUT2D eigenvalue weighted by atomic mass is 10.2. The maximum absolute atomic E-state index is 11.0. The molecule has 3 aromatic rings. The molecule has 0 radical (unpaired) electrons. The van der Waals surface area contributed by atoms with Crippen LogP contribution in [0.3, 0.4) is 0 Å². The average molecular weight is 523 g/mol. The molecule has 0 saturated heterocycles. The highest BCUT2D eigenvalue weighted by Gasteiger charge is 2.14. The second-order valence-electron chi connectivity index (χ2n) is 8.39. The lowest BCUT2D eigenvalue weighted by Gasteiger charge is -2.23. The number of non-ortho nitro benzene ring substituents is 1. The van der Waals surface area contributed by atoms with Crippen molar-refractivity contribution in [1.82, 2.24) is 15.0 Å². The maximum atomic E-state index is 11.0. The fourth-order valence-corrected chi connectivity index (χ4v) is 3.52. The number of nitro benzene ring substituents is 1. The van der Waals surface area contributed by atoms with Gasteiger partial charge in [0.25, 0.3) is 5.69 Å². The molecule has 2 aromatic carbocycles. The first kappa shape index (κ1) is 28.1. The van der Waals surface area contributed by atoms with Crippen molar-refractivity contribution < 1.29 is 14.4 Å². The van der Waals surface area contributed by atoms with Gasteiger partial charge in [-0.25, -0.2) is 5.43 Å². The summed E-state index contributed by atoms with van der Waals surface area (Å²) >= 11 is 0. The summed E-state index contributed by atoms with van der Waals surface area (Å²) in [5.41, 5.74) is 4.30. The topological polar surface area (TPSA) is 140 Å². The van der Waals surface area contributed by atoms with Crippen molar-refractivity contribution in [2.75, 3.05) is 43.0 Å². The first-order valence-electron chi connectivity index (χ1n) is 12.5. The molecule has 0 fully saturated rings. The number of rotatable bonds is 15. The summed E-state index contributed by atoms with van der Waals surface area (Å²) in [7, 11) is 3.16. The second kappa shape index (κ2) is 14.3. The summed E-state index contributed by atoms with van der Waals surface area (Å²) in [6, 6.07) is 11.5. The number of nitrogens with one attached hydrogen (secondary N) is 2. The molecule has 0 aliphatic carbocycles. The van der Waals surface area contributed by atoms with E-state index in [-0.39, 0.29) is 11.6 Å². The third kappa shape index (κ3) is 8.02. The quantitative estimate of drug-likeness (QED) is 0.152. The predicted octanol–water partition coefficient (Wildman–Crippen LogP) is 5.39. The molecule has 3 rings (SSSR count). The van der Waals surface area contributed by atoms with Gasteiger partial charge in [0.15, 0.2) is 11.5 Å². The van der Waals surface area contributed by atoms with Gasteiger partial charge in [0, 0.05) is 30.9 Å². The normalized spacial score (nSPS) is 10.8. The summed E-state index contributed by atoms with van der Waals surface area (Å²) in [4.78, 5) is 26.4. The van der Waals surface area contributed by atoms with Crippen LogP contribution >= 0.6 is 0 Å². The molecule has 0 saturated carbocycles. The summed E-state index contributed by atoms with van der Waals surface area (Å²) in [5, 5.41) is 18.4. The van der Waals surface area contributed by atoms with E-state index in [1.54, 1.807) is 38.6 Å². The van der Waals surface area contributed by atoms with E-state index in [1.165, 1.54) is 12.1 Å². The van der Waals surface area contributed by atoms with Gasteiger partial charge in [0.2, 0.25) is 17.8 Å². The minimum Gasteiger partial charge on any atom is -0.493 e. The Morgan fingerprint density at radius 3 is 2.21 bits per heavy atom. The molecule has 2 N–H and O–H groups in total. The number of benzene rings is 2. The maximum Gasteiger partial charge on any atom is 0.269 e. The van der Waals surface area contributed by atoms with E-state index in [1.807, 2.05) is 12.1 Å². The largest absolute Gasteiger partial charge is 0.493 e. The molecule has 0 aliphatic heterocycles. The van der Waals surface area contributed by atoms with E-state index < -0.39 is 4.92 Å². The van der Waals surface area contributed by atoms with Gasteiger partial charge >= 0.3 is 0 Å². The van der Waals surface area contributed by atoms with Crippen LogP contribution in [0.1, 0.15) is 45.1 Å². The van der Waals surface area contributed by atoms with Gasteiger partial charge in [0.05, 0.1) is 25.4 Å². The number of unbranched alkanes of at least 4 members (excludes halogenated alkanes) is 2. The standard InChI is InChI=1S/C26H34N8O4/c1-5-7-15-33(16-8-6-2)26-30-24(28-20-10-12-21(13-11-20)34(35)36)29-25(31-26)32-27-18-19-9-14-22(37-3)23(17-19)38-4/h9-14,17-18H,5-8,15-16H2,1-4H3,(H2,28,29,30,31,32)/b27-18+. The van der Waals surface area contributed by atoms with Gasteiger partial charge in [-0.3, -0.25) is 10.1 Å². The van der Waals surface area contributed by atoms with E-state index >= 15 is 0 Å². The Hall–Kier alpha value is -4.48. The number of hydrogen-bond donors (Lipinski definition) is 2. The van der Waals surface area contributed by atoms with Crippen molar-refractivity contribution in [2.45, 2.75) is 39.5 Å². The van der Waals surface area contributed by atoms with Crippen LogP contribution in [0, 0.1) is 10.1 Å². The van der Waals surface area contributed by atoms with E-state index in [9.17, 15) is 10.1 Å². The van der Waals surface area contributed by atoms with Gasteiger partial charge in [-0.1, -0.05) is 26.7 Å². The zero-order valence-electron chi connectivity index (χ0n) is 22.2. The van der Waals surface area contributed by atoms with Gasteiger partial charge in [-0.15, -0.1) is 0 Å². The third-order valence-corrected chi connectivity index (χ3v) is 5.59.